The molecule has 220 valence electrons. The molecule has 0 saturated heterocycles. The van der Waals surface area contributed by atoms with Gasteiger partial charge in [-0.2, -0.15) is 0 Å². The third-order valence-corrected chi connectivity index (χ3v) is 7.78. The minimum Gasteiger partial charge on any atom is -0.497 e. The average molecular weight is 637 g/mol. The van der Waals surface area contributed by atoms with Crippen LogP contribution >= 0.6 is 35.0 Å². The molecule has 3 amide bonds. The van der Waals surface area contributed by atoms with E-state index < -0.39 is 11.8 Å². The monoisotopic (exact) mass is 635 g/mol. The second-order valence-corrected chi connectivity index (χ2v) is 10.7. The van der Waals surface area contributed by atoms with Crippen molar-refractivity contribution in [3.05, 3.63) is 118 Å². The molecule has 4 aromatic rings. The summed E-state index contributed by atoms with van der Waals surface area (Å²) in [6, 6.07) is 25.6. The molecule has 0 saturated carbocycles. The number of carbonyl (C=O) groups is 3. The lowest BCUT2D eigenvalue weighted by Gasteiger charge is -2.13. The molecule has 0 aliphatic heterocycles. The van der Waals surface area contributed by atoms with E-state index in [1.807, 2.05) is 6.07 Å². The number of hydrogen-bond acceptors (Lipinski definition) is 6. The van der Waals surface area contributed by atoms with Crippen LogP contribution in [0.1, 0.15) is 15.9 Å². The van der Waals surface area contributed by atoms with E-state index in [9.17, 15) is 14.4 Å². The van der Waals surface area contributed by atoms with Gasteiger partial charge in [-0.1, -0.05) is 59.6 Å². The van der Waals surface area contributed by atoms with E-state index in [2.05, 4.69) is 16.0 Å². The van der Waals surface area contributed by atoms with Crippen LogP contribution in [0.4, 0.5) is 11.4 Å². The number of halogens is 2. The summed E-state index contributed by atoms with van der Waals surface area (Å²) in [5.41, 5.74) is 1.78. The fourth-order valence-corrected chi connectivity index (χ4v) is 4.95. The summed E-state index contributed by atoms with van der Waals surface area (Å²) in [5, 5.41) is 8.86. The quantitative estimate of drug-likeness (QED) is 0.119. The van der Waals surface area contributed by atoms with Crippen LogP contribution in [0.2, 0.25) is 10.0 Å². The first-order valence-corrected chi connectivity index (χ1v) is 14.6. The standard InChI is InChI=1S/C32H27Cl2N3O5S/c1-41-23-14-15-26(28(18-23)42-2)36-29(38)19-43-24-12-7-11-22(17-24)35-32(40)27(16-21-10-6-13-25(33)30(21)34)37-31(39)20-8-4-3-5-9-20/h3-18H,19H2,1-2H3,(H,35,40)(H,36,38)(H,37,39)/b27-16+. The van der Waals surface area contributed by atoms with Gasteiger partial charge in [0, 0.05) is 22.2 Å². The van der Waals surface area contributed by atoms with Crippen molar-refractivity contribution in [1.82, 2.24) is 5.32 Å². The van der Waals surface area contributed by atoms with Gasteiger partial charge in [0.25, 0.3) is 11.8 Å². The van der Waals surface area contributed by atoms with Crippen LogP contribution in [0.25, 0.3) is 6.08 Å². The Morgan fingerprint density at radius 3 is 2.35 bits per heavy atom. The van der Waals surface area contributed by atoms with Crippen molar-refractivity contribution in [2.75, 3.05) is 30.6 Å². The molecule has 0 radical (unpaired) electrons. The van der Waals surface area contributed by atoms with Gasteiger partial charge in [0.15, 0.2) is 0 Å². The summed E-state index contributed by atoms with van der Waals surface area (Å²) in [4.78, 5) is 39.7. The van der Waals surface area contributed by atoms with Crippen LogP contribution in [-0.4, -0.2) is 37.7 Å². The Morgan fingerprint density at radius 2 is 1.60 bits per heavy atom. The topological polar surface area (TPSA) is 106 Å². The molecular formula is C32H27Cl2N3O5S. The average Bonchev–Trinajstić information content (AvgIpc) is 3.02. The Labute approximate surface area is 263 Å². The molecule has 0 unspecified atom stereocenters. The fraction of sp³-hybridized carbons (Fsp3) is 0.0938. The Kier molecular flexibility index (Phi) is 11.1. The second-order valence-electron chi connectivity index (χ2n) is 8.91. The summed E-state index contributed by atoms with van der Waals surface area (Å²) in [6.07, 6.45) is 1.46. The number of methoxy groups -OCH3 is 2. The first kappa shape index (κ1) is 31.5. The van der Waals surface area contributed by atoms with Crippen LogP contribution < -0.4 is 25.4 Å². The maximum atomic E-state index is 13.4. The number of carbonyl (C=O) groups excluding carboxylic acids is 3. The molecule has 0 aliphatic rings. The Balaban J connectivity index is 1.47. The molecule has 11 heteroatoms. The minimum atomic E-state index is -0.577. The maximum Gasteiger partial charge on any atom is 0.272 e. The van der Waals surface area contributed by atoms with E-state index >= 15 is 0 Å². The SMILES string of the molecule is COc1ccc(NC(=O)CSc2cccc(NC(=O)/C(=C\c3cccc(Cl)c3Cl)NC(=O)c3ccccc3)c2)c(OC)c1. The summed E-state index contributed by atoms with van der Waals surface area (Å²) in [5.74, 6) is -0.0926. The predicted octanol–water partition coefficient (Wildman–Crippen LogP) is 7.15. The first-order chi connectivity index (χ1) is 20.8. The molecule has 0 bridgehead atoms. The fourth-order valence-electron chi connectivity index (χ4n) is 3.83. The van der Waals surface area contributed by atoms with Crippen molar-refractivity contribution < 1.29 is 23.9 Å². The predicted molar refractivity (Wildman–Crippen MR) is 172 cm³/mol. The summed E-state index contributed by atoms with van der Waals surface area (Å²) >= 11 is 13.8. The van der Waals surface area contributed by atoms with Crippen LogP contribution in [0.3, 0.4) is 0 Å². The highest BCUT2D eigenvalue weighted by molar-refractivity contribution is 8.00. The zero-order chi connectivity index (χ0) is 30.8. The molecule has 4 aromatic carbocycles. The zero-order valence-electron chi connectivity index (χ0n) is 23.2. The summed E-state index contributed by atoms with van der Waals surface area (Å²) in [6.45, 7) is 0. The van der Waals surface area contributed by atoms with Crippen LogP contribution in [-0.2, 0) is 9.59 Å². The molecule has 8 nitrogen and oxygen atoms in total. The van der Waals surface area contributed by atoms with Gasteiger partial charge >= 0.3 is 0 Å². The third kappa shape index (κ3) is 8.78. The number of rotatable bonds is 11. The van der Waals surface area contributed by atoms with E-state index in [-0.39, 0.29) is 22.4 Å². The number of ether oxygens (including phenoxy) is 2. The van der Waals surface area contributed by atoms with E-state index in [1.54, 1.807) is 92.0 Å². The van der Waals surface area contributed by atoms with E-state index in [1.165, 1.54) is 24.9 Å². The second kappa shape index (κ2) is 15.2. The molecule has 4 rings (SSSR count). The Morgan fingerprint density at radius 1 is 0.837 bits per heavy atom. The van der Waals surface area contributed by atoms with Gasteiger partial charge in [-0.3, -0.25) is 14.4 Å². The molecule has 0 heterocycles. The molecule has 43 heavy (non-hydrogen) atoms. The molecule has 0 aromatic heterocycles. The number of amides is 3. The zero-order valence-corrected chi connectivity index (χ0v) is 25.5. The van der Waals surface area contributed by atoms with E-state index in [0.717, 1.165) is 4.90 Å². The van der Waals surface area contributed by atoms with E-state index in [0.29, 0.717) is 39.0 Å². The highest BCUT2D eigenvalue weighted by atomic mass is 35.5. The molecule has 3 N–H and O–H groups in total. The number of benzene rings is 4. The minimum absolute atomic E-state index is 0.0381. The van der Waals surface area contributed by atoms with Gasteiger partial charge < -0.3 is 25.4 Å². The van der Waals surface area contributed by atoms with Crippen molar-refractivity contribution >= 4 is 70.1 Å². The third-order valence-electron chi connectivity index (χ3n) is 5.95. The molecule has 0 fully saturated rings. The lowest BCUT2D eigenvalue weighted by atomic mass is 10.1. The number of anilines is 2. The Bertz CT molecular complexity index is 1660. The highest BCUT2D eigenvalue weighted by Crippen LogP contribution is 2.30. The van der Waals surface area contributed by atoms with Crippen molar-refractivity contribution in [3.63, 3.8) is 0 Å². The van der Waals surface area contributed by atoms with Crippen LogP contribution in [0, 0.1) is 0 Å². The van der Waals surface area contributed by atoms with Crippen LogP contribution in [0.15, 0.2) is 102 Å². The highest BCUT2D eigenvalue weighted by Gasteiger charge is 2.17. The lowest BCUT2D eigenvalue weighted by Crippen LogP contribution is -2.30. The lowest BCUT2D eigenvalue weighted by molar-refractivity contribution is -0.114. The smallest absolute Gasteiger partial charge is 0.272 e. The normalized spacial score (nSPS) is 10.9. The molecule has 0 spiro atoms. The first-order valence-electron chi connectivity index (χ1n) is 12.9. The van der Waals surface area contributed by atoms with Crippen molar-refractivity contribution in [2.45, 2.75) is 4.90 Å². The summed E-state index contributed by atoms with van der Waals surface area (Å²) in [7, 11) is 3.06. The van der Waals surface area contributed by atoms with E-state index in [4.69, 9.17) is 32.7 Å². The number of nitrogens with one attached hydrogen (secondary N) is 3. The van der Waals surface area contributed by atoms with Crippen molar-refractivity contribution in [1.29, 1.82) is 0 Å². The van der Waals surface area contributed by atoms with Crippen molar-refractivity contribution in [3.8, 4) is 11.5 Å². The molecule has 0 atom stereocenters. The number of hydrogen-bond donors (Lipinski definition) is 3. The van der Waals surface area contributed by atoms with Gasteiger partial charge in [-0.15, -0.1) is 11.8 Å². The van der Waals surface area contributed by atoms with Gasteiger partial charge in [-0.25, -0.2) is 0 Å². The van der Waals surface area contributed by atoms with Gasteiger partial charge in [-0.05, 0) is 60.2 Å². The molecule has 0 aliphatic carbocycles. The van der Waals surface area contributed by atoms with Gasteiger partial charge in [0.2, 0.25) is 5.91 Å². The number of thioether (sulfide) groups is 1. The van der Waals surface area contributed by atoms with Crippen molar-refractivity contribution in [2.24, 2.45) is 0 Å². The largest absolute Gasteiger partial charge is 0.497 e. The molecular weight excluding hydrogens is 609 g/mol. The van der Waals surface area contributed by atoms with Gasteiger partial charge in [0.05, 0.1) is 35.7 Å². The Hall–Kier alpha value is -4.44. The van der Waals surface area contributed by atoms with Crippen LogP contribution in [0.5, 0.6) is 11.5 Å². The summed E-state index contributed by atoms with van der Waals surface area (Å²) < 4.78 is 10.5. The maximum absolute atomic E-state index is 13.4. The van der Waals surface area contributed by atoms with Gasteiger partial charge in [0.1, 0.15) is 17.2 Å².